The molecule has 1 fully saturated rings. The summed E-state index contributed by atoms with van der Waals surface area (Å²) in [6.45, 7) is 2.53. The van der Waals surface area contributed by atoms with E-state index in [0.717, 1.165) is 61.4 Å². The Morgan fingerprint density at radius 2 is 1.87 bits per heavy atom. The molecule has 0 bridgehead atoms. The van der Waals surface area contributed by atoms with Gasteiger partial charge in [0.2, 0.25) is 0 Å². The van der Waals surface area contributed by atoms with E-state index in [1.165, 1.54) is 0 Å². The van der Waals surface area contributed by atoms with Crippen LogP contribution in [0.25, 0.3) is 50.1 Å². The van der Waals surface area contributed by atoms with Crippen molar-refractivity contribution < 1.29 is 8.78 Å². The van der Waals surface area contributed by atoms with Crippen molar-refractivity contribution in [1.29, 1.82) is 0 Å². The van der Waals surface area contributed by atoms with E-state index in [2.05, 4.69) is 41.2 Å². The molecule has 0 amide bonds. The molecule has 38 heavy (non-hydrogen) atoms. The SMILES string of the molecule is Cc1cn(-c2cncc3[nH]c(-c4n[nH]c5cnc(-c6cncc(CN7CCC(F)(F)C7)c6)cc45)cc23)cn1. The van der Waals surface area contributed by atoms with Gasteiger partial charge in [-0.05, 0) is 30.7 Å². The Morgan fingerprint density at radius 1 is 0.974 bits per heavy atom. The van der Waals surface area contributed by atoms with E-state index in [1.54, 1.807) is 36.0 Å². The average molecular weight is 512 g/mol. The predicted octanol–water partition coefficient (Wildman–Crippen LogP) is 4.90. The summed E-state index contributed by atoms with van der Waals surface area (Å²) in [7, 11) is 0. The van der Waals surface area contributed by atoms with Gasteiger partial charge in [0, 0.05) is 54.4 Å². The number of halogens is 2. The van der Waals surface area contributed by atoms with Gasteiger partial charge in [-0.1, -0.05) is 0 Å². The van der Waals surface area contributed by atoms with Crippen molar-refractivity contribution in [2.24, 2.45) is 0 Å². The van der Waals surface area contributed by atoms with Gasteiger partial charge in [0.1, 0.15) is 5.69 Å². The minimum absolute atomic E-state index is 0.102. The maximum Gasteiger partial charge on any atom is 0.261 e. The fraction of sp³-hybridized carbons (Fsp3) is 0.222. The molecule has 0 spiro atoms. The Morgan fingerprint density at radius 3 is 2.68 bits per heavy atom. The van der Waals surface area contributed by atoms with Crippen molar-refractivity contribution in [3.8, 4) is 28.3 Å². The van der Waals surface area contributed by atoms with E-state index >= 15 is 0 Å². The summed E-state index contributed by atoms with van der Waals surface area (Å²) in [5.74, 6) is -2.62. The molecular weight excluding hydrogens is 488 g/mol. The minimum Gasteiger partial charge on any atom is -0.352 e. The molecule has 1 saturated heterocycles. The van der Waals surface area contributed by atoms with E-state index < -0.39 is 5.92 Å². The first kappa shape index (κ1) is 22.7. The number of imidazole rings is 1. The Balaban J connectivity index is 1.24. The number of pyridine rings is 3. The molecule has 6 aromatic heterocycles. The molecule has 7 rings (SSSR count). The topological polar surface area (TPSA) is 104 Å². The van der Waals surface area contributed by atoms with Crippen LogP contribution in [0.3, 0.4) is 0 Å². The van der Waals surface area contributed by atoms with Gasteiger partial charge in [0.25, 0.3) is 5.92 Å². The molecule has 9 nitrogen and oxygen atoms in total. The largest absolute Gasteiger partial charge is 0.352 e. The standard InChI is InChI=1S/C27H23F2N9/c1-16-12-38(15-33-16)25-11-31-9-23-19(25)5-22(34-23)26-20-6-21(32-10-24(20)35-36-26)18-4-17(7-30-8-18)13-37-3-2-27(28,29)14-37/h4-12,15,34H,2-3,13-14H2,1H3,(H,35,36). The lowest BCUT2D eigenvalue weighted by molar-refractivity contribution is 0.0115. The second-order valence-electron chi connectivity index (χ2n) is 9.81. The lowest BCUT2D eigenvalue weighted by atomic mass is 10.1. The molecule has 0 unspecified atom stereocenters. The number of likely N-dealkylation sites (tertiary alicyclic amines) is 1. The molecule has 0 aromatic carbocycles. The molecule has 1 aliphatic heterocycles. The van der Waals surface area contributed by atoms with Gasteiger partial charge in [-0.25, -0.2) is 13.8 Å². The summed E-state index contributed by atoms with van der Waals surface area (Å²) in [5.41, 5.74) is 7.56. The molecular formula is C27H23F2N9. The van der Waals surface area contributed by atoms with Crippen LogP contribution < -0.4 is 0 Å². The second kappa shape index (κ2) is 8.52. The Kier molecular flexibility index (Phi) is 5.08. The zero-order valence-corrected chi connectivity index (χ0v) is 20.5. The van der Waals surface area contributed by atoms with Crippen LogP contribution in [0, 0.1) is 6.92 Å². The maximum absolute atomic E-state index is 13.6. The predicted molar refractivity (Wildman–Crippen MR) is 139 cm³/mol. The van der Waals surface area contributed by atoms with Crippen LogP contribution in [-0.4, -0.2) is 63.6 Å². The summed E-state index contributed by atoms with van der Waals surface area (Å²) >= 11 is 0. The monoisotopic (exact) mass is 511 g/mol. The number of fused-ring (bicyclic) bond motifs is 2. The number of nitrogens with one attached hydrogen (secondary N) is 2. The number of aromatic amines is 2. The molecule has 2 N–H and O–H groups in total. The third-order valence-electron chi connectivity index (χ3n) is 6.96. The van der Waals surface area contributed by atoms with E-state index in [4.69, 9.17) is 0 Å². The van der Waals surface area contributed by atoms with E-state index in [1.807, 2.05) is 36.0 Å². The number of nitrogens with zero attached hydrogens (tertiary/aromatic N) is 7. The van der Waals surface area contributed by atoms with E-state index in [0.29, 0.717) is 13.1 Å². The molecule has 0 radical (unpaired) electrons. The first-order valence-corrected chi connectivity index (χ1v) is 12.3. The van der Waals surface area contributed by atoms with Crippen LogP contribution >= 0.6 is 0 Å². The fourth-order valence-corrected chi connectivity index (χ4v) is 5.12. The van der Waals surface area contributed by atoms with E-state index in [-0.39, 0.29) is 13.0 Å². The van der Waals surface area contributed by atoms with Gasteiger partial charge in [-0.15, -0.1) is 0 Å². The Hall–Kier alpha value is -4.51. The van der Waals surface area contributed by atoms with Crippen molar-refractivity contribution in [1.82, 2.24) is 44.6 Å². The number of alkyl halides is 2. The summed E-state index contributed by atoms with van der Waals surface area (Å²) < 4.78 is 29.2. The molecule has 7 heterocycles. The number of H-pyrrole nitrogens is 2. The van der Waals surface area contributed by atoms with Crippen LogP contribution in [0.2, 0.25) is 0 Å². The van der Waals surface area contributed by atoms with Crippen molar-refractivity contribution in [2.45, 2.75) is 25.8 Å². The Labute approximate surface area is 215 Å². The van der Waals surface area contributed by atoms with Gasteiger partial charge in [-0.2, -0.15) is 5.10 Å². The number of hydrogen-bond acceptors (Lipinski definition) is 6. The van der Waals surface area contributed by atoms with Crippen LogP contribution in [0.15, 0.2) is 61.7 Å². The van der Waals surface area contributed by atoms with Crippen LogP contribution in [0.4, 0.5) is 8.78 Å². The van der Waals surface area contributed by atoms with E-state index in [9.17, 15) is 8.78 Å². The first-order valence-electron chi connectivity index (χ1n) is 12.3. The highest BCUT2D eigenvalue weighted by Gasteiger charge is 2.37. The maximum atomic E-state index is 13.6. The van der Waals surface area contributed by atoms with Crippen LogP contribution in [0.1, 0.15) is 17.7 Å². The molecule has 1 aliphatic rings. The molecule has 190 valence electrons. The smallest absolute Gasteiger partial charge is 0.261 e. The number of rotatable bonds is 5. The van der Waals surface area contributed by atoms with Crippen molar-refractivity contribution >= 4 is 21.8 Å². The van der Waals surface area contributed by atoms with Gasteiger partial charge < -0.3 is 9.55 Å². The van der Waals surface area contributed by atoms with Crippen molar-refractivity contribution in [3.05, 3.63) is 73.0 Å². The Bertz CT molecular complexity index is 1800. The van der Waals surface area contributed by atoms with Crippen LogP contribution in [0.5, 0.6) is 0 Å². The molecule has 11 heteroatoms. The van der Waals surface area contributed by atoms with Gasteiger partial charge in [-0.3, -0.25) is 25.0 Å². The van der Waals surface area contributed by atoms with Crippen LogP contribution in [-0.2, 0) is 6.54 Å². The normalized spacial score (nSPS) is 15.7. The quantitative estimate of drug-likeness (QED) is 0.341. The highest BCUT2D eigenvalue weighted by Crippen LogP contribution is 2.33. The second-order valence-corrected chi connectivity index (χ2v) is 9.81. The third-order valence-corrected chi connectivity index (χ3v) is 6.96. The number of aromatic nitrogens is 8. The molecule has 0 aliphatic carbocycles. The van der Waals surface area contributed by atoms with Crippen molar-refractivity contribution in [3.63, 3.8) is 0 Å². The summed E-state index contributed by atoms with van der Waals surface area (Å²) in [6, 6.07) is 6.00. The molecule has 6 aromatic rings. The lowest BCUT2D eigenvalue weighted by Crippen LogP contribution is -2.24. The number of aryl methyl sites for hydroxylation is 1. The first-order chi connectivity index (χ1) is 18.4. The number of hydrogen-bond donors (Lipinski definition) is 2. The molecule has 0 atom stereocenters. The fourth-order valence-electron chi connectivity index (χ4n) is 5.12. The summed E-state index contributed by atoms with van der Waals surface area (Å²) in [4.78, 5) is 22.9. The minimum atomic E-state index is -2.62. The highest BCUT2D eigenvalue weighted by molar-refractivity contribution is 5.98. The third kappa shape index (κ3) is 4.01. The zero-order valence-electron chi connectivity index (χ0n) is 20.5. The van der Waals surface area contributed by atoms with Gasteiger partial charge in [0.15, 0.2) is 0 Å². The van der Waals surface area contributed by atoms with Gasteiger partial charge >= 0.3 is 0 Å². The average Bonchev–Trinajstić information content (AvgIpc) is 3.69. The summed E-state index contributed by atoms with van der Waals surface area (Å²) in [6.07, 6.45) is 12.5. The molecule has 0 saturated carbocycles. The lowest BCUT2D eigenvalue weighted by Gasteiger charge is -2.15. The highest BCUT2D eigenvalue weighted by atomic mass is 19.3. The summed E-state index contributed by atoms with van der Waals surface area (Å²) in [5, 5.41) is 9.55. The van der Waals surface area contributed by atoms with Crippen molar-refractivity contribution in [2.75, 3.05) is 13.1 Å². The van der Waals surface area contributed by atoms with Gasteiger partial charge in [0.05, 0.1) is 65.3 Å². The zero-order chi connectivity index (χ0) is 25.9.